The number of halogens is 3. The Balaban J connectivity index is 1.76. The molecule has 0 radical (unpaired) electrons. The molecule has 2 aromatic carbocycles. The summed E-state index contributed by atoms with van der Waals surface area (Å²) in [5, 5.41) is 5.69. The minimum atomic E-state index is -5.49. The number of benzene rings is 2. The van der Waals surface area contributed by atoms with Gasteiger partial charge in [0.2, 0.25) is 0 Å². The third-order valence-corrected chi connectivity index (χ3v) is 5.00. The molecule has 2 amide bonds. The first-order valence-corrected chi connectivity index (χ1v) is 8.72. The van der Waals surface area contributed by atoms with Crippen molar-refractivity contribution in [1.29, 1.82) is 0 Å². The molecule has 0 atom stereocenters. The lowest BCUT2D eigenvalue weighted by Gasteiger charge is -2.11. The number of sulfone groups is 1. The molecule has 1 aromatic heterocycles. The van der Waals surface area contributed by atoms with Crippen molar-refractivity contribution in [3.8, 4) is 0 Å². The molecule has 3 N–H and O–H groups in total. The highest BCUT2D eigenvalue weighted by Crippen LogP contribution is 2.31. The zero-order valence-electron chi connectivity index (χ0n) is 13.0. The Morgan fingerprint density at radius 3 is 2.35 bits per heavy atom. The summed E-state index contributed by atoms with van der Waals surface area (Å²) in [6.07, 6.45) is 1.74. The van der Waals surface area contributed by atoms with Crippen molar-refractivity contribution in [1.82, 2.24) is 4.98 Å². The van der Waals surface area contributed by atoms with Gasteiger partial charge in [0.1, 0.15) is 0 Å². The van der Waals surface area contributed by atoms with Gasteiger partial charge in [-0.15, -0.1) is 0 Å². The molecule has 26 heavy (non-hydrogen) atoms. The lowest BCUT2D eigenvalue weighted by Crippen LogP contribution is -2.24. The molecular weight excluding hydrogens is 371 g/mol. The van der Waals surface area contributed by atoms with Gasteiger partial charge in [0.05, 0.1) is 4.90 Å². The molecule has 136 valence electrons. The third-order valence-electron chi connectivity index (χ3n) is 3.52. The Morgan fingerprint density at radius 2 is 1.65 bits per heavy atom. The van der Waals surface area contributed by atoms with Crippen LogP contribution in [0.2, 0.25) is 0 Å². The second-order valence-electron chi connectivity index (χ2n) is 5.34. The number of alkyl halides is 3. The summed E-state index contributed by atoms with van der Waals surface area (Å²) in [5.41, 5.74) is -4.16. The normalized spacial score (nSPS) is 12.1. The predicted octanol–water partition coefficient (Wildman–Crippen LogP) is 4.11. The highest BCUT2D eigenvalue weighted by Gasteiger charge is 2.46. The molecule has 0 spiro atoms. The Kier molecular flexibility index (Phi) is 4.36. The first kappa shape index (κ1) is 17.8. The van der Waals surface area contributed by atoms with Gasteiger partial charge in [-0.25, -0.2) is 13.2 Å². The van der Waals surface area contributed by atoms with E-state index < -0.39 is 26.3 Å². The van der Waals surface area contributed by atoms with Crippen LogP contribution in [0.25, 0.3) is 10.9 Å². The fraction of sp³-hybridized carbons (Fsp3) is 0.0625. The van der Waals surface area contributed by atoms with Crippen LogP contribution in [0.1, 0.15) is 0 Å². The molecular formula is C16H12F3N3O3S. The SMILES string of the molecule is O=C(Nc1cccc(S(=O)(=O)C(F)(F)F)c1)Nc1ccc2[nH]ccc2c1. The fourth-order valence-electron chi connectivity index (χ4n) is 2.30. The quantitative estimate of drug-likeness (QED) is 0.636. The highest BCUT2D eigenvalue weighted by atomic mass is 32.2. The van der Waals surface area contributed by atoms with Crippen molar-refractivity contribution in [2.24, 2.45) is 0 Å². The van der Waals surface area contributed by atoms with E-state index in [2.05, 4.69) is 15.6 Å². The Labute approximate surface area is 145 Å². The number of amides is 2. The van der Waals surface area contributed by atoms with Crippen LogP contribution >= 0.6 is 0 Å². The fourth-order valence-corrected chi connectivity index (χ4v) is 3.11. The molecule has 0 unspecified atom stereocenters. The second-order valence-corrected chi connectivity index (χ2v) is 7.28. The van der Waals surface area contributed by atoms with Crippen molar-refractivity contribution < 1.29 is 26.4 Å². The third kappa shape index (κ3) is 3.49. The summed E-state index contributed by atoms with van der Waals surface area (Å²) in [5.74, 6) is 0. The van der Waals surface area contributed by atoms with Gasteiger partial charge in [-0.2, -0.15) is 13.2 Å². The van der Waals surface area contributed by atoms with Crippen LogP contribution in [-0.4, -0.2) is 24.9 Å². The van der Waals surface area contributed by atoms with E-state index in [9.17, 15) is 26.4 Å². The van der Waals surface area contributed by atoms with E-state index in [1.54, 1.807) is 24.4 Å². The largest absolute Gasteiger partial charge is 0.501 e. The predicted molar refractivity (Wildman–Crippen MR) is 90.6 cm³/mol. The van der Waals surface area contributed by atoms with E-state index in [0.29, 0.717) is 5.69 Å². The maximum absolute atomic E-state index is 12.6. The van der Waals surface area contributed by atoms with Crippen LogP contribution in [-0.2, 0) is 9.84 Å². The van der Waals surface area contributed by atoms with Gasteiger partial charge in [-0.3, -0.25) is 0 Å². The average molecular weight is 383 g/mol. The number of hydrogen-bond donors (Lipinski definition) is 3. The number of H-pyrrole nitrogens is 1. The van der Waals surface area contributed by atoms with E-state index in [4.69, 9.17) is 0 Å². The van der Waals surface area contributed by atoms with E-state index >= 15 is 0 Å². The monoisotopic (exact) mass is 383 g/mol. The van der Waals surface area contributed by atoms with E-state index in [0.717, 1.165) is 29.1 Å². The van der Waals surface area contributed by atoms with Crippen molar-refractivity contribution in [2.75, 3.05) is 10.6 Å². The Morgan fingerprint density at radius 1 is 0.962 bits per heavy atom. The number of hydrogen-bond acceptors (Lipinski definition) is 3. The Bertz CT molecular complexity index is 1070. The van der Waals surface area contributed by atoms with Crippen molar-refractivity contribution in [3.05, 3.63) is 54.7 Å². The summed E-state index contributed by atoms with van der Waals surface area (Å²) in [4.78, 5) is 14.1. The Hall–Kier alpha value is -3.01. The molecule has 0 bridgehead atoms. The van der Waals surface area contributed by atoms with Gasteiger partial charge < -0.3 is 15.6 Å². The lowest BCUT2D eigenvalue weighted by molar-refractivity contribution is -0.0435. The number of anilines is 2. The summed E-state index contributed by atoms with van der Waals surface area (Å²) in [7, 11) is -5.49. The summed E-state index contributed by atoms with van der Waals surface area (Å²) >= 11 is 0. The topological polar surface area (TPSA) is 91.1 Å². The molecule has 1 heterocycles. The smallest absolute Gasteiger partial charge is 0.361 e. The average Bonchev–Trinajstić information content (AvgIpc) is 3.01. The van der Waals surface area contributed by atoms with Gasteiger partial charge in [-0.1, -0.05) is 6.07 Å². The molecule has 0 aliphatic carbocycles. The van der Waals surface area contributed by atoms with Crippen LogP contribution in [0.15, 0.2) is 59.6 Å². The minimum absolute atomic E-state index is 0.0875. The summed E-state index contributed by atoms with van der Waals surface area (Å²) in [6, 6.07) is 10.1. The maximum Gasteiger partial charge on any atom is 0.501 e. The molecule has 3 aromatic rings. The number of nitrogens with one attached hydrogen (secondary N) is 3. The minimum Gasteiger partial charge on any atom is -0.361 e. The summed E-state index contributed by atoms with van der Waals surface area (Å²) in [6.45, 7) is 0. The number of aromatic nitrogens is 1. The van der Waals surface area contributed by atoms with Gasteiger partial charge in [0.25, 0.3) is 9.84 Å². The van der Waals surface area contributed by atoms with E-state index in [1.807, 2.05) is 6.07 Å². The number of aromatic amines is 1. The van der Waals surface area contributed by atoms with Crippen LogP contribution in [0.4, 0.5) is 29.3 Å². The molecule has 0 saturated heterocycles. The highest BCUT2D eigenvalue weighted by molar-refractivity contribution is 7.92. The molecule has 3 rings (SSSR count). The number of carbonyl (C=O) groups is 1. The van der Waals surface area contributed by atoms with E-state index in [-0.39, 0.29) is 5.69 Å². The molecule has 6 nitrogen and oxygen atoms in total. The lowest BCUT2D eigenvalue weighted by atomic mass is 10.2. The van der Waals surface area contributed by atoms with Gasteiger partial charge in [-0.05, 0) is 42.5 Å². The standard InChI is InChI=1S/C16H12F3N3O3S/c17-16(18,19)26(24,25)13-3-1-2-11(9-13)21-15(23)22-12-4-5-14-10(8-12)6-7-20-14/h1-9,20H,(H2,21,22,23). The van der Waals surface area contributed by atoms with E-state index in [1.165, 1.54) is 6.07 Å². The van der Waals surface area contributed by atoms with Crippen LogP contribution in [0.5, 0.6) is 0 Å². The zero-order chi connectivity index (χ0) is 18.9. The number of urea groups is 1. The van der Waals surface area contributed by atoms with Crippen molar-refractivity contribution >= 4 is 38.1 Å². The number of rotatable bonds is 3. The maximum atomic E-state index is 12.6. The van der Waals surface area contributed by atoms with Crippen molar-refractivity contribution in [3.63, 3.8) is 0 Å². The molecule has 0 aliphatic heterocycles. The van der Waals surface area contributed by atoms with Crippen LogP contribution in [0, 0.1) is 0 Å². The van der Waals surface area contributed by atoms with Crippen molar-refractivity contribution in [2.45, 2.75) is 10.4 Å². The second kappa shape index (κ2) is 6.37. The van der Waals surface area contributed by atoms with Gasteiger partial charge in [0.15, 0.2) is 0 Å². The van der Waals surface area contributed by atoms with Gasteiger partial charge in [0, 0.05) is 28.5 Å². The molecule has 0 saturated carbocycles. The first-order chi connectivity index (χ1) is 12.2. The number of carbonyl (C=O) groups excluding carboxylic acids is 1. The van der Waals surface area contributed by atoms with Crippen LogP contribution < -0.4 is 10.6 Å². The molecule has 10 heteroatoms. The first-order valence-electron chi connectivity index (χ1n) is 7.23. The zero-order valence-corrected chi connectivity index (χ0v) is 13.8. The number of fused-ring (bicyclic) bond motifs is 1. The molecule has 0 aliphatic rings. The summed E-state index contributed by atoms with van der Waals surface area (Å²) < 4.78 is 60.7. The van der Waals surface area contributed by atoms with Crippen LogP contribution in [0.3, 0.4) is 0 Å². The molecule has 0 fully saturated rings. The van der Waals surface area contributed by atoms with Gasteiger partial charge >= 0.3 is 11.5 Å².